The number of aliphatic hydroxyl groups is 1. The number of hydrogen-bond acceptors (Lipinski definition) is 2. The molecular formula is C17H18ClNO. The molecule has 20 heavy (non-hydrogen) atoms. The maximum Gasteiger partial charge on any atom is 0.149 e. The lowest BCUT2D eigenvalue weighted by Gasteiger charge is -2.46. The summed E-state index contributed by atoms with van der Waals surface area (Å²) in [7, 11) is 2.02. The van der Waals surface area contributed by atoms with Crippen LogP contribution in [-0.4, -0.2) is 23.6 Å². The molecule has 0 saturated heterocycles. The molecule has 1 unspecified atom stereocenters. The Balaban J connectivity index is 0.00000121. The predicted octanol–water partition coefficient (Wildman–Crippen LogP) is 2.96. The Kier molecular flexibility index (Phi) is 3.13. The van der Waals surface area contributed by atoms with Crippen LogP contribution in [0.1, 0.15) is 16.7 Å². The summed E-state index contributed by atoms with van der Waals surface area (Å²) in [5.74, 6) is 0. The molecule has 0 spiro atoms. The predicted molar refractivity (Wildman–Crippen MR) is 83.1 cm³/mol. The van der Waals surface area contributed by atoms with E-state index >= 15 is 0 Å². The monoisotopic (exact) mass is 287 g/mol. The molecule has 2 aliphatic rings. The molecule has 0 aromatic heterocycles. The van der Waals surface area contributed by atoms with E-state index in [1.54, 1.807) is 0 Å². The number of likely N-dealkylation sites (N-methyl/N-ethyl adjacent to an activating group) is 1. The lowest BCUT2D eigenvalue weighted by Crippen LogP contribution is -2.51. The minimum absolute atomic E-state index is 0. The number of nitrogens with zero attached hydrogens (tertiary/aromatic N) is 1. The van der Waals surface area contributed by atoms with Gasteiger partial charge in [-0.1, -0.05) is 42.5 Å². The van der Waals surface area contributed by atoms with E-state index in [2.05, 4.69) is 47.4 Å². The van der Waals surface area contributed by atoms with Gasteiger partial charge in [0.25, 0.3) is 0 Å². The van der Waals surface area contributed by atoms with Crippen LogP contribution in [0.2, 0.25) is 0 Å². The maximum absolute atomic E-state index is 11.2. The number of rotatable bonds is 0. The van der Waals surface area contributed by atoms with Gasteiger partial charge in [-0.25, -0.2) is 0 Å². The average Bonchev–Trinajstić information content (AvgIpc) is 2.43. The third-order valence-corrected chi connectivity index (χ3v) is 4.64. The van der Waals surface area contributed by atoms with Crippen molar-refractivity contribution in [2.24, 2.45) is 0 Å². The van der Waals surface area contributed by atoms with E-state index in [4.69, 9.17) is 0 Å². The van der Waals surface area contributed by atoms with Crippen molar-refractivity contribution in [2.75, 3.05) is 13.6 Å². The largest absolute Gasteiger partial charge is 0.371 e. The van der Waals surface area contributed by atoms with Crippen molar-refractivity contribution in [2.45, 2.75) is 18.6 Å². The molecule has 0 radical (unpaired) electrons. The smallest absolute Gasteiger partial charge is 0.149 e. The summed E-state index contributed by atoms with van der Waals surface area (Å²) in [6.45, 7) is 0.912. The van der Waals surface area contributed by atoms with Crippen molar-refractivity contribution < 1.29 is 5.11 Å². The van der Waals surface area contributed by atoms with Crippen molar-refractivity contribution in [3.63, 3.8) is 0 Å². The molecule has 1 atom stereocenters. The van der Waals surface area contributed by atoms with E-state index in [9.17, 15) is 5.11 Å². The van der Waals surface area contributed by atoms with Crippen molar-refractivity contribution >= 4 is 12.4 Å². The van der Waals surface area contributed by atoms with E-state index in [0.29, 0.717) is 6.42 Å². The van der Waals surface area contributed by atoms with Gasteiger partial charge in [0, 0.05) is 18.5 Å². The van der Waals surface area contributed by atoms with E-state index in [-0.39, 0.29) is 12.4 Å². The molecule has 0 fully saturated rings. The van der Waals surface area contributed by atoms with Gasteiger partial charge in [-0.3, -0.25) is 4.90 Å². The zero-order valence-corrected chi connectivity index (χ0v) is 12.3. The summed E-state index contributed by atoms with van der Waals surface area (Å²) in [6.07, 6.45) is 1.70. The first-order valence-corrected chi connectivity index (χ1v) is 6.84. The standard InChI is InChI=1S/C17H17NO.ClH/c1-18-10-9-12-6-4-8-15-14-7-3-2-5-13(14)11-17(18,19)16(12)15;/h2-8,19H,9-11H2,1H3;1H. The lowest BCUT2D eigenvalue weighted by atomic mass is 9.75. The van der Waals surface area contributed by atoms with Gasteiger partial charge in [-0.15, -0.1) is 12.4 Å². The second kappa shape index (κ2) is 4.59. The molecule has 3 heteroatoms. The van der Waals surface area contributed by atoms with Crippen LogP contribution in [0.4, 0.5) is 0 Å². The molecule has 1 heterocycles. The van der Waals surface area contributed by atoms with Crippen LogP contribution >= 0.6 is 12.4 Å². The summed E-state index contributed by atoms with van der Waals surface area (Å²) >= 11 is 0. The summed E-state index contributed by atoms with van der Waals surface area (Å²) < 4.78 is 0. The van der Waals surface area contributed by atoms with Gasteiger partial charge in [-0.05, 0) is 35.7 Å². The molecule has 1 aliphatic carbocycles. The van der Waals surface area contributed by atoms with Gasteiger partial charge in [0.05, 0.1) is 0 Å². The van der Waals surface area contributed by atoms with Gasteiger partial charge in [0.15, 0.2) is 0 Å². The summed E-state index contributed by atoms with van der Waals surface area (Å²) in [5.41, 5.74) is 5.31. The van der Waals surface area contributed by atoms with Crippen LogP contribution in [0.15, 0.2) is 42.5 Å². The Morgan fingerprint density at radius 1 is 1.00 bits per heavy atom. The van der Waals surface area contributed by atoms with Crippen LogP contribution < -0.4 is 0 Å². The third-order valence-electron chi connectivity index (χ3n) is 4.64. The minimum Gasteiger partial charge on any atom is -0.371 e. The third kappa shape index (κ3) is 1.65. The van der Waals surface area contributed by atoms with Crippen molar-refractivity contribution in [3.05, 3.63) is 59.2 Å². The van der Waals surface area contributed by atoms with E-state index in [1.165, 1.54) is 22.3 Å². The highest BCUT2D eigenvalue weighted by molar-refractivity contribution is 5.85. The number of hydrogen-bond donors (Lipinski definition) is 1. The van der Waals surface area contributed by atoms with Crippen molar-refractivity contribution in [1.29, 1.82) is 0 Å². The first-order chi connectivity index (χ1) is 9.20. The fourth-order valence-corrected chi connectivity index (χ4v) is 3.60. The van der Waals surface area contributed by atoms with E-state index < -0.39 is 5.72 Å². The molecule has 2 aromatic carbocycles. The molecule has 0 saturated carbocycles. The Bertz CT molecular complexity index is 670. The topological polar surface area (TPSA) is 23.5 Å². The molecule has 0 bridgehead atoms. The fraction of sp³-hybridized carbons (Fsp3) is 0.294. The average molecular weight is 288 g/mol. The molecular weight excluding hydrogens is 270 g/mol. The van der Waals surface area contributed by atoms with Gasteiger partial charge in [0.2, 0.25) is 0 Å². The highest BCUT2D eigenvalue weighted by Gasteiger charge is 2.43. The van der Waals surface area contributed by atoms with Gasteiger partial charge >= 0.3 is 0 Å². The second-order valence-corrected chi connectivity index (χ2v) is 5.66. The zero-order chi connectivity index (χ0) is 13.0. The lowest BCUT2D eigenvalue weighted by molar-refractivity contribution is -0.110. The molecule has 1 N–H and O–H groups in total. The number of benzene rings is 2. The van der Waals surface area contributed by atoms with E-state index in [1.807, 2.05) is 7.05 Å². The quantitative estimate of drug-likeness (QED) is 0.805. The Morgan fingerprint density at radius 2 is 1.70 bits per heavy atom. The fourth-order valence-electron chi connectivity index (χ4n) is 3.60. The Labute approximate surface area is 125 Å². The van der Waals surface area contributed by atoms with Crippen LogP contribution in [0.3, 0.4) is 0 Å². The number of fused-ring (bicyclic) bond motifs is 2. The summed E-state index contributed by atoms with van der Waals surface area (Å²) in [6, 6.07) is 14.8. The highest BCUT2D eigenvalue weighted by atomic mass is 35.5. The first-order valence-electron chi connectivity index (χ1n) is 6.84. The van der Waals surface area contributed by atoms with Gasteiger partial charge in [0.1, 0.15) is 5.72 Å². The molecule has 2 aromatic rings. The van der Waals surface area contributed by atoms with E-state index in [0.717, 1.165) is 18.5 Å². The molecule has 1 aliphatic heterocycles. The van der Waals surface area contributed by atoms with Crippen molar-refractivity contribution in [3.8, 4) is 11.1 Å². The molecule has 2 nitrogen and oxygen atoms in total. The van der Waals surface area contributed by atoms with Crippen LogP contribution in [-0.2, 0) is 18.6 Å². The zero-order valence-electron chi connectivity index (χ0n) is 11.5. The van der Waals surface area contributed by atoms with Gasteiger partial charge < -0.3 is 5.11 Å². The molecule has 0 amide bonds. The normalized spacial score (nSPS) is 23.5. The van der Waals surface area contributed by atoms with Crippen LogP contribution in [0, 0.1) is 0 Å². The first kappa shape index (κ1) is 13.6. The molecule has 104 valence electrons. The summed E-state index contributed by atoms with van der Waals surface area (Å²) in [5, 5.41) is 11.2. The van der Waals surface area contributed by atoms with Crippen molar-refractivity contribution in [1.82, 2.24) is 4.90 Å². The summed E-state index contributed by atoms with van der Waals surface area (Å²) in [4.78, 5) is 2.09. The van der Waals surface area contributed by atoms with Crippen LogP contribution in [0.25, 0.3) is 11.1 Å². The molecule has 4 rings (SSSR count). The Hall–Kier alpha value is -1.35. The number of halogens is 1. The maximum atomic E-state index is 11.2. The highest BCUT2D eigenvalue weighted by Crippen LogP contribution is 2.46. The van der Waals surface area contributed by atoms with Gasteiger partial charge in [-0.2, -0.15) is 0 Å². The van der Waals surface area contributed by atoms with Crippen LogP contribution in [0.5, 0.6) is 0 Å². The second-order valence-electron chi connectivity index (χ2n) is 5.66. The Morgan fingerprint density at radius 3 is 2.55 bits per heavy atom. The SMILES string of the molecule is CN1CCc2cccc3c2C1(O)Cc1ccccc1-3.Cl. The minimum atomic E-state index is -0.835.